The second kappa shape index (κ2) is 3.46. The van der Waals surface area contributed by atoms with E-state index in [0.29, 0.717) is 25.0 Å². The first kappa shape index (κ1) is 9.60. The monoisotopic (exact) mass is 210 g/mol. The Morgan fingerprint density at radius 2 is 2.00 bits per heavy atom. The lowest BCUT2D eigenvalue weighted by molar-refractivity contribution is -0.131. The smallest absolute Gasteiger partial charge is 0.225 e. The summed E-state index contributed by atoms with van der Waals surface area (Å²) in [5.41, 5.74) is 6.11. The highest BCUT2D eigenvalue weighted by Crippen LogP contribution is 2.47. The van der Waals surface area contributed by atoms with E-state index in [0.717, 1.165) is 0 Å². The van der Waals surface area contributed by atoms with Gasteiger partial charge in [0.05, 0.1) is 25.2 Å². The molecular weight excluding hydrogens is 192 g/mol. The zero-order valence-corrected chi connectivity index (χ0v) is 8.82. The number of amides is 1. The minimum absolute atomic E-state index is 0.0735. The van der Waals surface area contributed by atoms with Crippen LogP contribution in [-0.4, -0.2) is 31.2 Å². The van der Waals surface area contributed by atoms with Crippen LogP contribution in [0.1, 0.15) is 19.3 Å². The van der Waals surface area contributed by atoms with E-state index in [4.69, 9.17) is 10.5 Å². The van der Waals surface area contributed by atoms with Crippen LogP contribution in [0.2, 0.25) is 0 Å². The van der Waals surface area contributed by atoms with Gasteiger partial charge in [-0.1, -0.05) is 0 Å². The molecule has 3 N–H and O–H groups in total. The van der Waals surface area contributed by atoms with E-state index in [1.165, 1.54) is 19.3 Å². The maximum atomic E-state index is 12.0. The summed E-state index contributed by atoms with van der Waals surface area (Å²) < 4.78 is 5.04. The Morgan fingerprint density at radius 3 is 2.53 bits per heavy atom. The summed E-state index contributed by atoms with van der Waals surface area (Å²) in [6, 6.07) is 0.341. The van der Waals surface area contributed by atoms with Crippen molar-refractivity contribution in [2.24, 2.45) is 23.5 Å². The molecule has 4 heteroatoms. The lowest BCUT2D eigenvalue weighted by Gasteiger charge is -2.32. The SMILES string of the molecule is NC1C2CCC(C2)C1C(=O)NC1COC1. The Morgan fingerprint density at radius 1 is 1.27 bits per heavy atom. The van der Waals surface area contributed by atoms with E-state index in [9.17, 15) is 4.79 Å². The molecule has 4 atom stereocenters. The van der Waals surface area contributed by atoms with Gasteiger partial charge in [-0.15, -0.1) is 0 Å². The number of hydrogen-bond acceptors (Lipinski definition) is 3. The van der Waals surface area contributed by atoms with Crippen LogP contribution in [0.3, 0.4) is 0 Å². The van der Waals surface area contributed by atoms with Crippen molar-refractivity contribution in [3.8, 4) is 0 Å². The number of nitrogens with one attached hydrogen (secondary N) is 1. The van der Waals surface area contributed by atoms with Gasteiger partial charge < -0.3 is 15.8 Å². The summed E-state index contributed by atoms with van der Waals surface area (Å²) in [4.78, 5) is 12.0. The molecule has 1 aliphatic heterocycles. The number of fused-ring (bicyclic) bond motifs is 2. The van der Waals surface area contributed by atoms with E-state index in [-0.39, 0.29) is 23.9 Å². The molecule has 1 heterocycles. The maximum absolute atomic E-state index is 12.0. The molecule has 0 aromatic rings. The minimum atomic E-state index is 0.0735. The summed E-state index contributed by atoms with van der Waals surface area (Å²) in [7, 11) is 0. The largest absolute Gasteiger partial charge is 0.377 e. The molecule has 0 spiro atoms. The summed E-state index contributed by atoms with van der Waals surface area (Å²) in [6.45, 7) is 1.34. The van der Waals surface area contributed by atoms with Gasteiger partial charge in [-0.25, -0.2) is 0 Å². The molecular formula is C11H18N2O2. The molecule has 0 aromatic carbocycles. The second-order valence-corrected chi connectivity index (χ2v) is 5.18. The first-order valence-electron chi connectivity index (χ1n) is 5.89. The molecule has 3 fully saturated rings. The zero-order valence-electron chi connectivity index (χ0n) is 8.82. The van der Waals surface area contributed by atoms with Gasteiger partial charge in [-0.05, 0) is 31.1 Å². The predicted octanol–water partition coefficient (Wildman–Crippen LogP) is -0.125. The fourth-order valence-corrected chi connectivity index (χ4v) is 3.34. The van der Waals surface area contributed by atoms with Crippen molar-refractivity contribution >= 4 is 5.91 Å². The highest BCUT2D eigenvalue weighted by atomic mass is 16.5. The Kier molecular flexibility index (Phi) is 2.21. The molecule has 1 saturated heterocycles. The summed E-state index contributed by atoms with van der Waals surface area (Å²) in [5, 5.41) is 3.03. The van der Waals surface area contributed by atoms with Gasteiger partial charge in [-0.3, -0.25) is 4.79 Å². The van der Waals surface area contributed by atoms with Crippen molar-refractivity contribution in [3.63, 3.8) is 0 Å². The van der Waals surface area contributed by atoms with Crippen molar-refractivity contribution in [2.45, 2.75) is 31.3 Å². The summed E-state index contributed by atoms with van der Waals surface area (Å²) >= 11 is 0. The van der Waals surface area contributed by atoms with Gasteiger partial charge in [0, 0.05) is 6.04 Å². The molecule has 15 heavy (non-hydrogen) atoms. The number of rotatable bonds is 2. The Balaban J connectivity index is 1.63. The third-order valence-electron chi connectivity index (χ3n) is 4.27. The molecule has 4 unspecified atom stereocenters. The third kappa shape index (κ3) is 1.47. The zero-order chi connectivity index (χ0) is 10.4. The molecule has 0 radical (unpaired) electrons. The first-order chi connectivity index (χ1) is 7.25. The van der Waals surface area contributed by atoms with Gasteiger partial charge >= 0.3 is 0 Å². The van der Waals surface area contributed by atoms with Crippen molar-refractivity contribution in [2.75, 3.05) is 13.2 Å². The Hall–Kier alpha value is -0.610. The van der Waals surface area contributed by atoms with Crippen molar-refractivity contribution in [1.29, 1.82) is 0 Å². The summed E-state index contributed by atoms with van der Waals surface area (Å²) in [5.74, 6) is 1.39. The average molecular weight is 210 g/mol. The highest BCUT2D eigenvalue weighted by molar-refractivity contribution is 5.80. The van der Waals surface area contributed by atoms with Gasteiger partial charge in [0.15, 0.2) is 0 Å². The molecule has 1 amide bonds. The van der Waals surface area contributed by atoms with Crippen molar-refractivity contribution < 1.29 is 9.53 Å². The van der Waals surface area contributed by atoms with E-state index < -0.39 is 0 Å². The Labute approximate surface area is 89.5 Å². The van der Waals surface area contributed by atoms with Gasteiger partial charge in [0.2, 0.25) is 5.91 Å². The number of carbonyl (C=O) groups is 1. The van der Waals surface area contributed by atoms with Crippen LogP contribution in [0, 0.1) is 17.8 Å². The highest BCUT2D eigenvalue weighted by Gasteiger charge is 2.49. The maximum Gasteiger partial charge on any atom is 0.225 e. The predicted molar refractivity (Wildman–Crippen MR) is 55.0 cm³/mol. The molecule has 0 aromatic heterocycles. The van der Waals surface area contributed by atoms with Crippen molar-refractivity contribution in [3.05, 3.63) is 0 Å². The average Bonchev–Trinajstić information content (AvgIpc) is 2.70. The van der Waals surface area contributed by atoms with Crippen LogP contribution >= 0.6 is 0 Å². The van der Waals surface area contributed by atoms with Gasteiger partial charge in [-0.2, -0.15) is 0 Å². The topological polar surface area (TPSA) is 64.4 Å². The van der Waals surface area contributed by atoms with Crippen LogP contribution in [0.25, 0.3) is 0 Å². The molecule has 3 rings (SSSR count). The Bertz CT molecular complexity index is 276. The molecule has 2 aliphatic carbocycles. The number of carbonyl (C=O) groups excluding carboxylic acids is 1. The third-order valence-corrected chi connectivity index (χ3v) is 4.27. The number of ether oxygens (including phenoxy) is 1. The van der Waals surface area contributed by atoms with Crippen LogP contribution < -0.4 is 11.1 Å². The van der Waals surface area contributed by atoms with Gasteiger partial charge in [0.25, 0.3) is 0 Å². The van der Waals surface area contributed by atoms with Crippen molar-refractivity contribution in [1.82, 2.24) is 5.32 Å². The van der Waals surface area contributed by atoms with E-state index in [1.54, 1.807) is 0 Å². The molecule has 84 valence electrons. The van der Waals surface area contributed by atoms with E-state index in [2.05, 4.69) is 5.32 Å². The van der Waals surface area contributed by atoms with Crippen LogP contribution in [0.15, 0.2) is 0 Å². The number of nitrogens with two attached hydrogens (primary N) is 1. The lowest BCUT2D eigenvalue weighted by atomic mass is 9.84. The molecule has 3 aliphatic rings. The second-order valence-electron chi connectivity index (χ2n) is 5.18. The van der Waals surface area contributed by atoms with E-state index >= 15 is 0 Å². The van der Waals surface area contributed by atoms with E-state index in [1.807, 2.05) is 0 Å². The quantitative estimate of drug-likeness (QED) is 0.667. The van der Waals surface area contributed by atoms with Crippen LogP contribution in [0.4, 0.5) is 0 Å². The molecule has 2 saturated carbocycles. The first-order valence-corrected chi connectivity index (χ1v) is 5.89. The van der Waals surface area contributed by atoms with Crippen LogP contribution in [-0.2, 0) is 9.53 Å². The normalized spacial score (nSPS) is 44.1. The standard InChI is InChI=1S/C11H18N2O2/c12-10-7-2-1-6(3-7)9(10)11(14)13-8-4-15-5-8/h6-10H,1-5,12H2,(H,13,14). The fraction of sp³-hybridized carbons (Fsp3) is 0.909. The van der Waals surface area contributed by atoms with Gasteiger partial charge in [0.1, 0.15) is 0 Å². The minimum Gasteiger partial charge on any atom is -0.377 e. The molecule has 2 bridgehead atoms. The molecule has 4 nitrogen and oxygen atoms in total. The fourth-order valence-electron chi connectivity index (χ4n) is 3.34. The lowest BCUT2D eigenvalue weighted by Crippen LogP contribution is -2.54. The number of hydrogen-bond donors (Lipinski definition) is 2. The summed E-state index contributed by atoms with van der Waals surface area (Å²) in [6.07, 6.45) is 3.58. The van der Waals surface area contributed by atoms with Crippen LogP contribution in [0.5, 0.6) is 0 Å².